The summed E-state index contributed by atoms with van der Waals surface area (Å²) in [6.45, 7) is 3.85. The predicted molar refractivity (Wildman–Crippen MR) is 94.2 cm³/mol. The topological polar surface area (TPSA) is 47.3 Å². The Hall–Kier alpha value is -2.94. The lowest BCUT2D eigenvalue weighted by atomic mass is 10.1. The van der Waals surface area contributed by atoms with Crippen molar-refractivity contribution in [2.45, 2.75) is 13.8 Å². The van der Waals surface area contributed by atoms with E-state index >= 15 is 0 Å². The number of fused-ring (bicyclic) bond motifs is 1. The highest BCUT2D eigenvalue weighted by Crippen LogP contribution is 2.15. The highest BCUT2D eigenvalue weighted by molar-refractivity contribution is 5.79. The van der Waals surface area contributed by atoms with E-state index in [-0.39, 0.29) is 5.63 Å². The molecule has 0 saturated heterocycles. The van der Waals surface area contributed by atoms with Gasteiger partial charge in [0.05, 0.1) is 0 Å². The van der Waals surface area contributed by atoms with Crippen molar-refractivity contribution in [2.24, 2.45) is 0 Å². The van der Waals surface area contributed by atoms with E-state index in [1.54, 1.807) is 6.07 Å². The fourth-order valence-corrected chi connectivity index (χ4v) is 1.98. The summed E-state index contributed by atoms with van der Waals surface area (Å²) >= 11 is 0. The van der Waals surface area contributed by atoms with Gasteiger partial charge in [-0.2, -0.15) is 0 Å². The lowest BCUT2D eigenvalue weighted by Gasteiger charge is -1.98. The third kappa shape index (κ3) is 5.08. The average Bonchev–Trinajstić information content (AvgIpc) is 2.52. The largest absolute Gasteiger partial charge is 0.423 e. The second-order valence-electron chi connectivity index (χ2n) is 5.20. The molecule has 0 unspecified atom stereocenters. The molecular weight excluding hydrogens is 288 g/mol. The number of hydrogen-bond acceptors (Lipinski definition) is 3. The number of benzene rings is 1. The first kappa shape index (κ1) is 16.4. The average molecular weight is 306 g/mol. The second kappa shape index (κ2) is 7.90. The van der Waals surface area contributed by atoms with Crippen LogP contribution in [0.2, 0.25) is 0 Å². The standard InChI is InChI=1S/C20H18O3/c1-15(4-3-5-16(2)12-13-21)6-7-17-8-9-18-10-11-20(22)23-19(18)14-17/h3-14H,1-2H3/b5-3+,7-6+,15-4+,16-12+. The van der Waals surface area contributed by atoms with Crippen LogP contribution in [0.1, 0.15) is 19.4 Å². The Morgan fingerprint density at radius 3 is 2.52 bits per heavy atom. The Morgan fingerprint density at radius 2 is 1.74 bits per heavy atom. The molecule has 0 amide bonds. The van der Waals surface area contributed by atoms with Gasteiger partial charge in [-0.1, -0.05) is 48.1 Å². The van der Waals surface area contributed by atoms with Crippen molar-refractivity contribution in [3.8, 4) is 0 Å². The summed E-state index contributed by atoms with van der Waals surface area (Å²) in [6.07, 6.45) is 11.9. The van der Waals surface area contributed by atoms with Gasteiger partial charge in [0.1, 0.15) is 11.9 Å². The van der Waals surface area contributed by atoms with Gasteiger partial charge in [0.2, 0.25) is 0 Å². The first-order valence-electron chi connectivity index (χ1n) is 7.27. The van der Waals surface area contributed by atoms with Crippen molar-refractivity contribution in [3.05, 3.63) is 87.8 Å². The molecule has 1 heterocycles. The minimum absolute atomic E-state index is 0.349. The Balaban J connectivity index is 2.14. The van der Waals surface area contributed by atoms with Gasteiger partial charge in [-0.25, -0.2) is 4.79 Å². The Labute approximate surface area is 134 Å². The third-order valence-electron chi connectivity index (χ3n) is 3.23. The molecule has 0 atom stereocenters. The zero-order valence-corrected chi connectivity index (χ0v) is 13.2. The van der Waals surface area contributed by atoms with Gasteiger partial charge in [-0.15, -0.1) is 0 Å². The molecule has 3 nitrogen and oxygen atoms in total. The number of rotatable bonds is 5. The van der Waals surface area contributed by atoms with E-state index in [1.807, 2.05) is 62.4 Å². The Kier molecular flexibility index (Phi) is 5.64. The number of allylic oxidation sites excluding steroid dienone is 7. The summed E-state index contributed by atoms with van der Waals surface area (Å²) in [7, 11) is 0. The molecule has 2 rings (SSSR count). The van der Waals surface area contributed by atoms with Crippen LogP contribution in [-0.4, -0.2) is 6.29 Å². The molecule has 116 valence electrons. The van der Waals surface area contributed by atoms with Gasteiger partial charge in [0.25, 0.3) is 0 Å². The maximum Gasteiger partial charge on any atom is 0.336 e. The number of carbonyl (C=O) groups excluding carboxylic acids is 1. The maximum atomic E-state index is 11.3. The molecule has 0 aliphatic rings. The van der Waals surface area contributed by atoms with Crippen LogP contribution in [-0.2, 0) is 4.79 Å². The summed E-state index contributed by atoms with van der Waals surface area (Å²) in [5.74, 6) is 0. The van der Waals surface area contributed by atoms with E-state index in [2.05, 4.69) is 0 Å². The van der Waals surface area contributed by atoms with Crippen LogP contribution >= 0.6 is 0 Å². The number of aldehydes is 1. The van der Waals surface area contributed by atoms with Crippen molar-refractivity contribution in [1.82, 2.24) is 0 Å². The van der Waals surface area contributed by atoms with E-state index < -0.39 is 0 Å². The van der Waals surface area contributed by atoms with E-state index in [9.17, 15) is 9.59 Å². The van der Waals surface area contributed by atoms with Crippen molar-refractivity contribution < 1.29 is 9.21 Å². The molecule has 1 aromatic heterocycles. The molecule has 0 radical (unpaired) electrons. The Morgan fingerprint density at radius 1 is 1.00 bits per heavy atom. The normalized spacial score (nSPS) is 13.3. The zero-order chi connectivity index (χ0) is 16.7. The van der Waals surface area contributed by atoms with Crippen LogP contribution in [0, 0.1) is 0 Å². The van der Waals surface area contributed by atoms with Crippen LogP contribution < -0.4 is 5.63 Å². The van der Waals surface area contributed by atoms with E-state index in [4.69, 9.17) is 4.42 Å². The van der Waals surface area contributed by atoms with Crippen LogP contribution in [0.5, 0.6) is 0 Å². The van der Waals surface area contributed by atoms with Crippen LogP contribution in [0.15, 0.2) is 81.1 Å². The fourth-order valence-electron chi connectivity index (χ4n) is 1.98. The predicted octanol–water partition coefficient (Wildman–Crippen LogP) is 4.45. The van der Waals surface area contributed by atoms with Gasteiger partial charge in [0.15, 0.2) is 0 Å². The summed E-state index contributed by atoms with van der Waals surface area (Å²) in [4.78, 5) is 21.6. The molecule has 2 aromatic rings. The molecular formula is C20H18O3. The molecule has 0 N–H and O–H groups in total. The SMILES string of the molecule is CC(/C=C/C=C(C)/C=C/c1ccc2ccc(=O)oc2c1)=C\C=O. The zero-order valence-electron chi connectivity index (χ0n) is 13.2. The minimum atomic E-state index is -0.349. The van der Waals surface area contributed by atoms with Crippen LogP contribution in [0.3, 0.4) is 0 Å². The highest BCUT2D eigenvalue weighted by Gasteiger charge is 1.97. The van der Waals surface area contributed by atoms with E-state index in [0.717, 1.165) is 28.4 Å². The van der Waals surface area contributed by atoms with E-state index in [0.29, 0.717) is 5.58 Å². The lowest BCUT2D eigenvalue weighted by molar-refractivity contribution is -0.104. The molecule has 1 aromatic carbocycles. The molecule has 0 fully saturated rings. The van der Waals surface area contributed by atoms with Crippen molar-refractivity contribution >= 4 is 23.3 Å². The summed E-state index contributed by atoms with van der Waals surface area (Å²) in [5, 5.41) is 0.898. The molecule has 0 bridgehead atoms. The van der Waals surface area contributed by atoms with Gasteiger partial charge < -0.3 is 4.42 Å². The quantitative estimate of drug-likeness (QED) is 0.355. The van der Waals surface area contributed by atoms with Gasteiger partial charge in [0, 0.05) is 11.5 Å². The third-order valence-corrected chi connectivity index (χ3v) is 3.23. The van der Waals surface area contributed by atoms with E-state index in [1.165, 1.54) is 12.1 Å². The summed E-state index contributed by atoms with van der Waals surface area (Å²) < 4.78 is 5.17. The second-order valence-corrected chi connectivity index (χ2v) is 5.20. The summed E-state index contributed by atoms with van der Waals surface area (Å²) in [5.41, 5.74) is 3.15. The van der Waals surface area contributed by atoms with Gasteiger partial charge in [-0.05, 0) is 43.2 Å². The smallest absolute Gasteiger partial charge is 0.336 e. The Bertz CT molecular complexity index is 877. The molecule has 0 spiro atoms. The van der Waals surface area contributed by atoms with Crippen molar-refractivity contribution in [3.63, 3.8) is 0 Å². The summed E-state index contributed by atoms with van der Waals surface area (Å²) in [6, 6.07) is 8.90. The van der Waals surface area contributed by atoms with Gasteiger partial charge >= 0.3 is 5.63 Å². The minimum Gasteiger partial charge on any atom is -0.423 e. The molecule has 23 heavy (non-hydrogen) atoms. The number of carbonyl (C=O) groups is 1. The van der Waals surface area contributed by atoms with Crippen LogP contribution in [0.25, 0.3) is 17.0 Å². The molecule has 3 heteroatoms. The van der Waals surface area contributed by atoms with Crippen molar-refractivity contribution in [1.29, 1.82) is 0 Å². The fraction of sp³-hybridized carbons (Fsp3) is 0.100. The molecule has 0 aliphatic heterocycles. The lowest BCUT2D eigenvalue weighted by Crippen LogP contribution is -1.94. The van der Waals surface area contributed by atoms with Crippen LogP contribution in [0.4, 0.5) is 0 Å². The van der Waals surface area contributed by atoms with Crippen molar-refractivity contribution in [2.75, 3.05) is 0 Å². The molecule has 0 saturated carbocycles. The molecule has 0 aliphatic carbocycles. The monoisotopic (exact) mass is 306 g/mol. The van der Waals surface area contributed by atoms with Gasteiger partial charge in [-0.3, -0.25) is 4.79 Å². The first-order chi connectivity index (χ1) is 11.1. The first-order valence-corrected chi connectivity index (χ1v) is 7.27. The number of hydrogen-bond donors (Lipinski definition) is 0. The highest BCUT2D eigenvalue weighted by atomic mass is 16.4. The maximum absolute atomic E-state index is 11.3.